The number of ether oxygens (including phenoxy) is 1. The summed E-state index contributed by atoms with van der Waals surface area (Å²) >= 11 is 3.33. The van der Waals surface area contributed by atoms with Crippen molar-refractivity contribution in [3.8, 4) is 0 Å². The molecule has 0 aromatic carbocycles. The number of amides is 1. The fourth-order valence-electron chi connectivity index (χ4n) is 3.52. The van der Waals surface area contributed by atoms with E-state index in [1.54, 1.807) is 11.3 Å². The molecule has 4 rings (SSSR count). The number of carbonyl (C=O) groups is 1. The maximum Gasteiger partial charge on any atom is 0.273 e. The minimum absolute atomic E-state index is 0.0424. The highest BCUT2D eigenvalue weighted by Gasteiger charge is 2.39. The summed E-state index contributed by atoms with van der Waals surface area (Å²) in [6.07, 6.45) is 0.155. The van der Waals surface area contributed by atoms with Crippen LogP contribution in [0.5, 0.6) is 0 Å². The normalized spacial score (nSPS) is 24.8. The largest absolute Gasteiger partial charge is 0.375 e. The number of likely N-dealkylation sites (tertiary alicyclic amines) is 1. The molecule has 1 amide bonds. The van der Waals surface area contributed by atoms with Gasteiger partial charge in [0.2, 0.25) is 0 Å². The van der Waals surface area contributed by atoms with Gasteiger partial charge in [0.25, 0.3) is 5.91 Å². The van der Waals surface area contributed by atoms with Crippen molar-refractivity contribution in [1.82, 2.24) is 14.8 Å². The van der Waals surface area contributed by atoms with E-state index in [0.29, 0.717) is 18.2 Å². The fourth-order valence-corrected chi connectivity index (χ4v) is 4.85. The van der Waals surface area contributed by atoms with Crippen LogP contribution in [0.15, 0.2) is 22.9 Å². The van der Waals surface area contributed by atoms with Gasteiger partial charge in [-0.05, 0) is 18.4 Å². The van der Waals surface area contributed by atoms with Gasteiger partial charge in [-0.1, -0.05) is 6.07 Å². The molecular formula is C17H21N3O2S2. The Labute approximate surface area is 149 Å². The maximum atomic E-state index is 12.6. The topological polar surface area (TPSA) is 45.7 Å². The van der Waals surface area contributed by atoms with Gasteiger partial charge in [-0.25, -0.2) is 4.98 Å². The number of aryl methyl sites for hydroxylation is 1. The van der Waals surface area contributed by atoms with E-state index in [-0.39, 0.29) is 12.0 Å². The Bertz CT molecular complexity index is 701. The molecule has 4 heterocycles. The lowest BCUT2D eigenvalue weighted by atomic mass is 10.1. The first-order valence-corrected chi connectivity index (χ1v) is 10.0. The zero-order chi connectivity index (χ0) is 16.5. The van der Waals surface area contributed by atoms with Crippen molar-refractivity contribution in [2.75, 3.05) is 32.8 Å². The number of fused-ring (bicyclic) bond motifs is 1. The van der Waals surface area contributed by atoms with E-state index in [1.807, 2.05) is 17.2 Å². The maximum absolute atomic E-state index is 12.6. The second kappa shape index (κ2) is 6.92. The third-order valence-corrected chi connectivity index (χ3v) is 6.33. The van der Waals surface area contributed by atoms with Crippen molar-refractivity contribution in [3.05, 3.63) is 38.5 Å². The van der Waals surface area contributed by atoms with E-state index in [0.717, 1.165) is 37.8 Å². The van der Waals surface area contributed by atoms with Gasteiger partial charge >= 0.3 is 0 Å². The Hall–Kier alpha value is -1.28. The summed E-state index contributed by atoms with van der Waals surface area (Å²) in [5.74, 6) is 0.428. The summed E-state index contributed by atoms with van der Waals surface area (Å²) in [7, 11) is 0. The van der Waals surface area contributed by atoms with Crippen molar-refractivity contribution in [1.29, 1.82) is 0 Å². The number of thiophene rings is 1. The fraction of sp³-hybridized carbons (Fsp3) is 0.529. The lowest BCUT2D eigenvalue weighted by Gasteiger charge is -2.22. The minimum Gasteiger partial charge on any atom is -0.375 e. The first-order chi connectivity index (χ1) is 11.7. The third kappa shape index (κ3) is 3.39. The minimum atomic E-state index is 0.0424. The first kappa shape index (κ1) is 16.2. The predicted octanol–water partition coefficient (Wildman–Crippen LogP) is 2.49. The molecule has 2 aromatic rings. The Kier molecular flexibility index (Phi) is 4.67. The standard InChI is InChI=1S/C17H21N3O2S2/c1-12-18-15(11-24-12)17(21)20-8-13-7-19(4-5-22-16(13)10-20)9-14-3-2-6-23-14/h2-3,6,11,13,16H,4-5,7-10H2,1H3/t13-,16+/m0/s1. The molecule has 2 atom stereocenters. The average molecular weight is 364 g/mol. The van der Waals surface area contributed by atoms with Crippen LogP contribution >= 0.6 is 22.7 Å². The second-order valence-corrected chi connectivity index (χ2v) is 8.54. The highest BCUT2D eigenvalue weighted by Crippen LogP contribution is 2.26. The highest BCUT2D eigenvalue weighted by atomic mass is 32.1. The Morgan fingerprint density at radius 1 is 1.38 bits per heavy atom. The molecule has 0 bridgehead atoms. The molecule has 5 nitrogen and oxygen atoms in total. The molecule has 0 spiro atoms. The second-order valence-electron chi connectivity index (χ2n) is 6.45. The average Bonchev–Trinajstić information content (AvgIpc) is 3.28. The lowest BCUT2D eigenvalue weighted by Crippen LogP contribution is -2.33. The molecule has 2 aliphatic heterocycles. The van der Waals surface area contributed by atoms with Crippen molar-refractivity contribution >= 4 is 28.6 Å². The zero-order valence-corrected chi connectivity index (χ0v) is 15.3. The summed E-state index contributed by atoms with van der Waals surface area (Å²) in [4.78, 5) is 22.7. The van der Waals surface area contributed by atoms with Crippen LogP contribution in [-0.4, -0.2) is 59.6 Å². The molecule has 0 aliphatic carbocycles. The zero-order valence-electron chi connectivity index (χ0n) is 13.7. The number of nitrogens with zero attached hydrogens (tertiary/aromatic N) is 3. The van der Waals surface area contributed by atoms with Gasteiger partial charge in [0.05, 0.1) is 17.7 Å². The summed E-state index contributed by atoms with van der Waals surface area (Å²) in [5.41, 5.74) is 0.574. The van der Waals surface area contributed by atoms with Crippen LogP contribution in [-0.2, 0) is 11.3 Å². The molecule has 24 heavy (non-hydrogen) atoms. The van der Waals surface area contributed by atoms with Gasteiger partial charge in [-0.15, -0.1) is 22.7 Å². The van der Waals surface area contributed by atoms with E-state index < -0.39 is 0 Å². The number of carbonyl (C=O) groups excluding carboxylic acids is 1. The Morgan fingerprint density at radius 3 is 3.04 bits per heavy atom. The summed E-state index contributed by atoms with van der Waals surface area (Å²) in [6.45, 7) is 7.05. The molecule has 7 heteroatoms. The number of rotatable bonds is 3. The van der Waals surface area contributed by atoms with E-state index in [4.69, 9.17) is 4.74 Å². The van der Waals surface area contributed by atoms with Gasteiger partial charge in [0.15, 0.2) is 0 Å². The van der Waals surface area contributed by atoms with Crippen molar-refractivity contribution in [2.45, 2.75) is 19.6 Å². The van der Waals surface area contributed by atoms with Crippen LogP contribution in [0, 0.1) is 12.8 Å². The number of aromatic nitrogens is 1. The van der Waals surface area contributed by atoms with Crippen LogP contribution in [0.25, 0.3) is 0 Å². The number of hydrogen-bond acceptors (Lipinski definition) is 6. The van der Waals surface area contributed by atoms with Gasteiger partial charge in [-0.3, -0.25) is 9.69 Å². The molecule has 0 radical (unpaired) electrons. The summed E-state index contributed by atoms with van der Waals surface area (Å²) < 4.78 is 6.05. The Morgan fingerprint density at radius 2 is 2.29 bits per heavy atom. The molecule has 128 valence electrons. The molecule has 2 fully saturated rings. The van der Waals surface area contributed by atoms with Gasteiger partial charge in [0.1, 0.15) is 5.69 Å². The van der Waals surface area contributed by atoms with Crippen LogP contribution in [0.2, 0.25) is 0 Å². The number of thiazole rings is 1. The van der Waals surface area contributed by atoms with E-state index in [1.165, 1.54) is 16.2 Å². The molecular weight excluding hydrogens is 342 g/mol. The highest BCUT2D eigenvalue weighted by molar-refractivity contribution is 7.10. The van der Waals surface area contributed by atoms with Gasteiger partial charge < -0.3 is 9.64 Å². The predicted molar refractivity (Wildman–Crippen MR) is 95.6 cm³/mol. The number of hydrogen-bond donors (Lipinski definition) is 0. The van der Waals surface area contributed by atoms with E-state index in [2.05, 4.69) is 27.4 Å². The molecule has 0 saturated carbocycles. The van der Waals surface area contributed by atoms with Crippen molar-refractivity contribution < 1.29 is 9.53 Å². The monoisotopic (exact) mass is 363 g/mol. The van der Waals surface area contributed by atoms with Gasteiger partial charge in [-0.2, -0.15) is 0 Å². The third-order valence-electron chi connectivity index (χ3n) is 4.70. The summed E-state index contributed by atoms with van der Waals surface area (Å²) in [5, 5.41) is 4.92. The van der Waals surface area contributed by atoms with Crippen LogP contribution in [0.1, 0.15) is 20.4 Å². The van der Waals surface area contributed by atoms with E-state index in [9.17, 15) is 4.79 Å². The van der Waals surface area contributed by atoms with Crippen LogP contribution < -0.4 is 0 Å². The molecule has 0 N–H and O–H groups in total. The smallest absolute Gasteiger partial charge is 0.273 e. The van der Waals surface area contributed by atoms with Gasteiger partial charge in [0, 0.05) is 48.9 Å². The summed E-state index contributed by atoms with van der Waals surface area (Å²) in [6, 6.07) is 4.28. The lowest BCUT2D eigenvalue weighted by molar-refractivity contribution is 0.0482. The van der Waals surface area contributed by atoms with E-state index >= 15 is 0 Å². The first-order valence-electron chi connectivity index (χ1n) is 8.27. The quantitative estimate of drug-likeness (QED) is 0.841. The molecule has 2 aliphatic rings. The van der Waals surface area contributed by atoms with Crippen LogP contribution in [0.3, 0.4) is 0 Å². The van der Waals surface area contributed by atoms with Crippen molar-refractivity contribution in [2.24, 2.45) is 5.92 Å². The Balaban J connectivity index is 1.41. The molecule has 2 aromatic heterocycles. The molecule has 0 unspecified atom stereocenters. The SMILES string of the molecule is Cc1nc(C(=O)N2C[C@@H]3CN(Cc4cccs4)CCO[C@@H]3C2)cs1. The van der Waals surface area contributed by atoms with Crippen molar-refractivity contribution in [3.63, 3.8) is 0 Å². The molecule has 2 saturated heterocycles. The van der Waals surface area contributed by atoms with Crippen LogP contribution in [0.4, 0.5) is 0 Å².